The Hall–Kier alpha value is -2.63. The quantitative estimate of drug-likeness (QED) is 0.903. The van der Waals surface area contributed by atoms with E-state index in [-0.39, 0.29) is 11.5 Å². The summed E-state index contributed by atoms with van der Waals surface area (Å²) in [6.07, 6.45) is 3.12. The molecule has 2 heterocycles. The Morgan fingerprint density at radius 2 is 2.05 bits per heavy atom. The van der Waals surface area contributed by atoms with Crippen molar-refractivity contribution in [2.75, 3.05) is 18.0 Å². The summed E-state index contributed by atoms with van der Waals surface area (Å²) in [5.41, 5.74) is 0.228. The average molecular weight is 300 g/mol. The Balaban J connectivity index is 2.00. The van der Waals surface area contributed by atoms with Crippen molar-refractivity contribution < 1.29 is 19.8 Å². The summed E-state index contributed by atoms with van der Waals surface area (Å²) in [6.45, 7) is 1.19. The molecule has 6 heteroatoms. The molecule has 0 spiro atoms. The second kappa shape index (κ2) is 5.63. The van der Waals surface area contributed by atoms with Crippen LogP contribution in [-0.2, 0) is 4.79 Å². The van der Waals surface area contributed by atoms with Crippen LogP contribution in [-0.4, -0.2) is 40.2 Å². The second-order valence-electron chi connectivity index (χ2n) is 5.50. The molecule has 2 aromatic rings. The number of nitrogens with zero attached hydrogens (tertiary/aromatic N) is 2. The first-order chi connectivity index (χ1) is 10.6. The number of hydrogen-bond donors (Lipinski definition) is 2. The van der Waals surface area contributed by atoms with Crippen LogP contribution in [0.3, 0.4) is 0 Å². The fraction of sp³-hybridized carbons (Fsp3) is 0.312. The molecule has 1 aliphatic heterocycles. The average Bonchev–Trinajstić information content (AvgIpc) is 2.53. The lowest BCUT2D eigenvalue weighted by molar-refractivity contribution is -0.141. The van der Waals surface area contributed by atoms with Crippen molar-refractivity contribution in [2.24, 2.45) is 5.92 Å². The number of hydrogen-bond acceptors (Lipinski definition) is 4. The molecule has 1 aliphatic rings. The summed E-state index contributed by atoms with van der Waals surface area (Å²) in [6, 6.07) is 6.67. The van der Waals surface area contributed by atoms with Crippen molar-refractivity contribution >= 4 is 28.5 Å². The maximum atomic E-state index is 11.2. The minimum atomic E-state index is -0.968. The van der Waals surface area contributed by atoms with Crippen LogP contribution in [0.2, 0.25) is 0 Å². The van der Waals surface area contributed by atoms with Crippen molar-refractivity contribution in [1.29, 1.82) is 0 Å². The summed E-state index contributed by atoms with van der Waals surface area (Å²) in [7, 11) is 0. The summed E-state index contributed by atoms with van der Waals surface area (Å²) in [5, 5.41) is 19.9. The monoisotopic (exact) mass is 300 g/mol. The predicted octanol–water partition coefficient (Wildman–Crippen LogP) is 2.23. The van der Waals surface area contributed by atoms with E-state index in [9.17, 15) is 14.7 Å². The van der Waals surface area contributed by atoms with Crippen molar-refractivity contribution in [2.45, 2.75) is 12.8 Å². The molecule has 3 rings (SSSR count). The van der Waals surface area contributed by atoms with Crippen LogP contribution in [0.15, 0.2) is 30.5 Å². The first-order valence-corrected chi connectivity index (χ1v) is 7.16. The van der Waals surface area contributed by atoms with Crippen LogP contribution in [0.4, 0.5) is 5.82 Å². The van der Waals surface area contributed by atoms with Gasteiger partial charge in [-0.3, -0.25) is 4.79 Å². The molecule has 6 nitrogen and oxygen atoms in total. The Bertz CT molecular complexity index is 744. The molecule has 1 aromatic heterocycles. The minimum absolute atomic E-state index is 0.228. The molecular weight excluding hydrogens is 284 g/mol. The molecule has 1 aromatic carbocycles. The molecular formula is C16H16N2O4. The molecule has 22 heavy (non-hydrogen) atoms. The molecule has 0 amide bonds. The van der Waals surface area contributed by atoms with E-state index < -0.39 is 11.9 Å². The lowest BCUT2D eigenvalue weighted by Gasteiger charge is -2.32. The van der Waals surface area contributed by atoms with E-state index >= 15 is 0 Å². The number of aromatic nitrogens is 1. The molecule has 1 unspecified atom stereocenters. The second-order valence-corrected chi connectivity index (χ2v) is 5.50. The van der Waals surface area contributed by atoms with Gasteiger partial charge in [0.15, 0.2) is 0 Å². The van der Waals surface area contributed by atoms with Crippen LogP contribution < -0.4 is 4.90 Å². The number of pyridine rings is 1. The van der Waals surface area contributed by atoms with Crippen LogP contribution >= 0.6 is 0 Å². The number of carboxylic acid groups (broad SMARTS) is 2. The highest BCUT2D eigenvalue weighted by molar-refractivity contribution is 5.98. The highest BCUT2D eigenvalue weighted by Crippen LogP contribution is 2.29. The lowest BCUT2D eigenvalue weighted by atomic mass is 9.97. The van der Waals surface area contributed by atoms with Crippen LogP contribution in [0, 0.1) is 5.92 Å². The van der Waals surface area contributed by atoms with Gasteiger partial charge in [0.2, 0.25) is 0 Å². The topological polar surface area (TPSA) is 90.7 Å². The third-order valence-corrected chi connectivity index (χ3v) is 4.06. The third-order valence-electron chi connectivity index (χ3n) is 4.06. The lowest BCUT2D eigenvalue weighted by Crippen LogP contribution is -2.39. The fourth-order valence-corrected chi connectivity index (χ4v) is 2.92. The molecule has 2 N–H and O–H groups in total. The van der Waals surface area contributed by atoms with Crippen LogP contribution in [0.5, 0.6) is 0 Å². The van der Waals surface area contributed by atoms with Gasteiger partial charge in [0.1, 0.15) is 5.82 Å². The molecule has 1 saturated heterocycles. The van der Waals surface area contributed by atoms with E-state index in [4.69, 9.17) is 5.11 Å². The van der Waals surface area contributed by atoms with E-state index in [1.807, 2.05) is 4.90 Å². The van der Waals surface area contributed by atoms with Gasteiger partial charge in [0.25, 0.3) is 0 Å². The van der Waals surface area contributed by atoms with Crippen molar-refractivity contribution in [3.63, 3.8) is 0 Å². The van der Waals surface area contributed by atoms with Crippen molar-refractivity contribution in [3.05, 3.63) is 36.0 Å². The zero-order valence-electron chi connectivity index (χ0n) is 11.9. The Morgan fingerprint density at radius 3 is 2.77 bits per heavy atom. The highest BCUT2D eigenvalue weighted by Gasteiger charge is 2.26. The molecule has 114 valence electrons. The molecule has 0 bridgehead atoms. The Morgan fingerprint density at radius 1 is 1.23 bits per heavy atom. The van der Waals surface area contributed by atoms with E-state index in [0.717, 1.165) is 29.6 Å². The smallest absolute Gasteiger partial charge is 0.335 e. The number of benzene rings is 1. The van der Waals surface area contributed by atoms with E-state index in [1.165, 1.54) is 0 Å². The van der Waals surface area contributed by atoms with Gasteiger partial charge in [0, 0.05) is 24.7 Å². The molecule has 1 atom stereocenters. The standard InChI is InChI=1S/C16H16N2O4/c19-15(20)11-3-4-13-10(8-11)5-6-17-14(13)18-7-1-2-12(9-18)16(21)22/h3-6,8,12H,1-2,7,9H2,(H,19,20)(H,21,22). The van der Waals surface area contributed by atoms with Crippen LogP contribution in [0.1, 0.15) is 23.2 Å². The van der Waals surface area contributed by atoms with Gasteiger partial charge >= 0.3 is 11.9 Å². The number of anilines is 1. The number of carbonyl (C=O) groups is 2. The first kappa shape index (κ1) is 14.3. The number of carboxylic acids is 2. The molecule has 0 aliphatic carbocycles. The molecule has 1 fully saturated rings. The van der Waals surface area contributed by atoms with Crippen LogP contribution in [0.25, 0.3) is 10.8 Å². The largest absolute Gasteiger partial charge is 0.481 e. The Labute approximate surface area is 127 Å². The normalized spacial score (nSPS) is 18.4. The van der Waals surface area contributed by atoms with Gasteiger partial charge in [0.05, 0.1) is 11.5 Å². The van der Waals surface area contributed by atoms with Crippen molar-refractivity contribution in [1.82, 2.24) is 4.98 Å². The number of rotatable bonds is 3. The Kier molecular flexibility index (Phi) is 3.66. The summed E-state index contributed by atoms with van der Waals surface area (Å²) < 4.78 is 0. The van der Waals surface area contributed by atoms with Gasteiger partial charge < -0.3 is 15.1 Å². The first-order valence-electron chi connectivity index (χ1n) is 7.16. The number of piperidine rings is 1. The summed E-state index contributed by atoms with van der Waals surface area (Å²) in [5.74, 6) is -1.41. The maximum absolute atomic E-state index is 11.2. The number of fused-ring (bicyclic) bond motifs is 1. The predicted molar refractivity (Wildman–Crippen MR) is 81.3 cm³/mol. The number of aromatic carboxylic acids is 1. The SMILES string of the molecule is O=C(O)c1ccc2c(N3CCCC(C(=O)O)C3)nccc2c1. The zero-order valence-corrected chi connectivity index (χ0v) is 11.9. The van der Waals surface area contributed by atoms with E-state index in [1.54, 1.807) is 30.5 Å². The summed E-state index contributed by atoms with van der Waals surface area (Å²) >= 11 is 0. The highest BCUT2D eigenvalue weighted by atomic mass is 16.4. The van der Waals surface area contributed by atoms with Gasteiger partial charge in [-0.25, -0.2) is 9.78 Å². The van der Waals surface area contributed by atoms with Crippen molar-refractivity contribution in [3.8, 4) is 0 Å². The van der Waals surface area contributed by atoms with E-state index in [2.05, 4.69) is 4.98 Å². The van der Waals surface area contributed by atoms with Gasteiger partial charge in [-0.15, -0.1) is 0 Å². The van der Waals surface area contributed by atoms with Gasteiger partial charge in [-0.1, -0.05) is 0 Å². The zero-order chi connectivity index (χ0) is 15.7. The fourth-order valence-electron chi connectivity index (χ4n) is 2.92. The maximum Gasteiger partial charge on any atom is 0.335 e. The van der Waals surface area contributed by atoms with E-state index in [0.29, 0.717) is 13.0 Å². The summed E-state index contributed by atoms with van der Waals surface area (Å²) in [4.78, 5) is 28.6. The number of aliphatic carboxylic acids is 1. The molecule has 0 radical (unpaired) electrons. The third kappa shape index (κ3) is 2.59. The molecule has 0 saturated carbocycles. The van der Waals surface area contributed by atoms with Gasteiger partial charge in [-0.05, 0) is 42.5 Å². The minimum Gasteiger partial charge on any atom is -0.481 e. The van der Waals surface area contributed by atoms with Gasteiger partial charge in [-0.2, -0.15) is 0 Å².